The number of nitrogens with one attached hydrogen (secondary N) is 1. The van der Waals surface area contributed by atoms with Crippen molar-refractivity contribution in [3.8, 4) is 0 Å². The molecule has 1 saturated heterocycles. The summed E-state index contributed by atoms with van der Waals surface area (Å²) in [5.74, 6) is 0.216. The summed E-state index contributed by atoms with van der Waals surface area (Å²) in [5.41, 5.74) is 5.84. The topological polar surface area (TPSA) is 73.2 Å². The Hall–Kier alpha value is -2.47. The average molecular weight is 438 g/mol. The lowest BCUT2D eigenvalue weighted by Crippen LogP contribution is -2.40. The maximum atomic E-state index is 12.9. The van der Waals surface area contributed by atoms with Gasteiger partial charge in [0.2, 0.25) is 0 Å². The third-order valence-corrected chi connectivity index (χ3v) is 7.12. The zero-order valence-electron chi connectivity index (χ0n) is 19.6. The normalized spacial score (nSPS) is 17.7. The monoisotopic (exact) mass is 437 g/mol. The van der Waals surface area contributed by atoms with Crippen LogP contribution >= 0.6 is 0 Å². The van der Waals surface area contributed by atoms with Crippen molar-refractivity contribution in [3.63, 3.8) is 0 Å². The molecule has 6 heteroatoms. The molecule has 0 aliphatic carbocycles. The molecule has 0 radical (unpaired) electrons. The van der Waals surface area contributed by atoms with Gasteiger partial charge in [-0.3, -0.25) is 14.3 Å². The first kappa shape index (κ1) is 22.7. The van der Waals surface area contributed by atoms with E-state index < -0.39 is 0 Å². The van der Waals surface area contributed by atoms with Crippen molar-refractivity contribution in [2.45, 2.75) is 72.3 Å². The Morgan fingerprint density at radius 1 is 1.22 bits per heavy atom. The van der Waals surface area contributed by atoms with Gasteiger partial charge in [0.15, 0.2) is 5.78 Å². The third kappa shape index (κ3) is 4.65. The number of Topliss-reactive ketones (excluding diaryl/α,β-unsaturated/α-hetero) is 1. The number of benzene rings is 1. The van der Waals surface area contributed by atoms with Crippen molar-refractivity contribution in [1.82, 2.24) is 15.1 Å². The predicted octanol–water partition coefficient (Wildman–Crippen LogP) is 4.20. The van der Waals surface area contributed by atoms with E-state index in [0.717, 1.165) is 86.4 Å². The van der Waals surface area contributed by atoms with Gasteiger partial charge in [-0.05, 0) is 63.4 Å². The minimum atomic E-state index is 0.0106. The van der Waals surface area contributed by atoms with Crippen LogP contribution in [0.5, 0.6) is 0 Å². The fourth-order valence-electron chi connectivity index (χ4n) is 5.17. The summed E-state index contributed by atoms with van der Waals surface area (Å²) in [4.78, 5) is 25.6. The zero-order valence-corrected chi connectivity index (χ0v) is 19.6. The maximum Gasteiger partial charge on any atom is 0.255 e. The van der Waals surface area contributed by atoms with Crippen LogP contribution in [0.3, 0.4) is 0 Å². The van der Waals surface area contributed by atoms with Crippen LogP contribution in [-0.4, -0.2) is 41.2 Å². The molecule has 0 atom stereocenters. The molecule has 2 aliphatic rings. The van der Waals surface area contributed by atoms with E-state index in [-0.39, 0.29) is 17.1 Å². The molecule has 3 heterocycles. The number of aryl methyl sites for hydroxylation is 4. The maximum absolute atomic E-state index is 12.9. The average Bonchev–Trinajstić information content (AvgIpc) is 3.05. The summed E-state index contributed by atoms with van der Waals surface area (Å²) in [6, 6.07) is 6.01. The fourth-order valence-corrected chi connectivity index (χ4v) is 5.17. The first-order valence-corrected chi connectivity index (χ1v) is 12.0. The highest BCUT2D eigenvalue weighted by atomic mass is 16.5. The standard InChI is InChI=1S/C26H35N3O3/c1-4-21-24-22(16-26(17-27-25(24)31)10-13-32-14-11-26)29(28-21)12-6-5-7-23(30)20-9-8-18(2)15-19(20)3/h8-9,15H,4-7,10-14,16-17H2,1-3H3,(H,27,31). The number of unbranched alkanes of at least 4 members (excludes halogenated alkanes) is 1. The van der Waals surface area contributed by atoms with Gasteiger partial charge >= 0.3 is 0 Å². The van der Waals surface area contributed by atoms with Gasteiger partial charge in [-0.1, -0.05) is 30.7 Å². The largest absolute Gasteiger partial charge is 0.381 e. The Labute approximate surface area is 190 Å². The van der Waals surface area contributed by atoms with E-state index in [2.05, 4.69) is 23.0 Å². The number of nitrogens with zero attached hydrogens (tertiary/aromatic N) is 2. The summed E-state index contributed by atoms with van der Waals surface area (Å²) < 4.78 is 7.65. The first-order valence-electron chi connectivity index (χ1n) is 12.0. The minimum Gasteiger partial charge on any atom is -0.381 e. The van der Waals surface area contributed by atoms with E-state index in [4.69, 9.17) is 9.84 Å². The SMILES string of the molecule is CCc1nn(CCCCC(=O)c2ccc(C)cc2C)c2c1C(=O)NCC1(CCOCC1)C2. The van der Waals surface area contributed by atoms with Crippen LogP contribution in [0.15, 0.2) is 18.2 Å². The molecule has 1 aromatic heterocycles. The molecule has 1 N–H and O–H groups in total. The van der Waals surface area contributed by atoms with Gasteiger partial charge < -0.3 is 10.1 Å². The second-order valence-electron chi connectivity index (χ2n) is 9.52. The van der Waals surface area contributed by atoms with Gasteiger partial charge in [0, 0.05) is 38.3 Å². The van der Waals surface area contributed by atoms with Crippen LogP contribution in [0.2, 0.25) is 0 Å². The van der Waals surface area contributed by atoms with Gasteiger partial charge in [0.25, 0.3) is 5.91 Å². The Balaban J connectivity index is 1.45. The fraction of sp³-hybridized carbons (Fsp3) is 0.577. The molecule has 6 nitrogen and oxygen atoms in total. The highest BCUT2D eigenvalue weighted by Crippen LogP contribution is 2.37. The van der Waals surface area contributed by atoms with E-state index in [1.807, 2.05) is 26.0 Å². The van der Waals surface area contributed by atoms with Crippen LogP contribution in [-0.2, 0) is 24.1 Å². The number of amides is 1. The van der Waals surface area contributed by atoms with Crippen LogP contribution in [0.25, 0.3) is 0 Å². The molecule has 2 aromatic rings. The van der Waals surface area contributed by atoms with E-state index in [0.29, 0.717) is 13.0 Å². The molecule has 1 amide bonds. The van der Waals surface area contributed by atoms with Crippen LogP contribution < -0.4 is 5.32 Å². The van der Waals surface area contributed by atoms with Crippen molar-refractivity contribution in [2.24, 2.45) is 5.41 Å². The minimum absolute atomic E-state index is 0.0106. The number of ketones is 1. The first-order chi connectivity index (χ1) is 15.4. The van der Waals surface area contributed by atoms with Crippen molar-refractivity contribution in [2.75, 3.05) is 19.8 Å². The number of carbonyl (C=O) groups excluding carboxylic acids is 2. The number of aromatic nitrogens is 2. The lowest BCUT2D eigenvalue weighted by atomic mass is 9.76. The number of fused-ring (bicyclic) bond motifs is 1. The molecule has 4 rings (SSSR count). The Bertz CT molecular complexity index is 1000. The van der Waals surface area contributed by atoms with Crippen molar-refractivity contribution >= 4 is 11.7 Å². The molecular formula is C26H35N3O3. The second-order valence-corrected chi connectivity index (χ2v) is 9.52. The summed E-state index contributed by atoms with van der Waals surface area (Å²) in [6.45, 7) is 9.05. The molecule has 172 valence electrons. The molecule has 1 fully saturated rings. The van der Waals surface area contributed by atoms with Gasteiger partial charge in [-0.15, -0.1) is 0 Å². The molecule has 1 aromatic carbocycles. The summed E-state index contributed by atoms with van der Waals surface area (Å²) in [6.07, 6.45) is 5.74. The zero-order chi connectivity index (χ0) is 22.7. The van der Waals surface area contributed by atoms with Crippen molar-refractivity contribution in [1.29, 1.82) is 0 Å². The van der Waals surface area contributed by atoms with E-state index >= 15 is 0 Å². The Kier molecular flexibility index (Phi) is 6.79. The molecular weight excluding hydrogens is 402 g/mol. The van der Waals surface area contributed by atoms with Crippen molar-refractivity contribution in [3.05, 3.63) is 51.8 Å². The number of ether oxygens (including phenoxy) is 1. The lowest BCUT2D eigenvalue weighted by molar-refractivity contribution is 0.0152. The predicted molar refractivity (Wildman–Crippen MR) is 124 cm³/mol. The number of hydrogen-bond donors (Lipinski definition) is 1. The second kappa shape index (κ2) is 9.57. The Morgan fingerprint density at radius 2 is 2.00 bits per heavy atom. The van der Waals surface area contributed by atoms with Crippen LogP contribution in [0.1, 0.15) is 82.3 Å². The van der Waals surface area contributed by atoms with Crippen molar-refractivity contribution < 1.29 is 14.3 Å². The number of hydrogen-bond acceptors (Lipinski definition) is 4. The Morgan fingerprint density at radius 3 is 2.72 bits per heavy atom. The summed E-state index contributed by atoms with van der Waals surface area (Å²) >= 11 is 0. The number of rotatable bonds is 7. The lowest BCUT2D eigenvalue weighted by Gasteiger charge is -2.36. The molecule has 1 spiro atoms. The van der Waals surface area contributed by atoms with Gasteiger partial charge in [-0.2, -0.15) is 5.10 Å². The molecule has 0 unspecified atom stereocenters. The summed E-state index contributed by atoms with van der Waals surface area (Å²) in [7, 11) is 0. The quantitative estimate of drug-likeness (QED) is 0.520. The third-order valence-electron chi connectivity index (χ3n) is 7.12. The van der Waals surface area contributed by atoms with E-state index in [9.17, 15) is 9.59 Å². The molecule has 0 saturated carbocycles. The molecule has 0 bridgehead atoms. The summed E-state index contributed by atoms with van der Waals surface area (Å²) in [5, 5.41) is 7.99. The van der Waals surface area contributed by atoms with Crippen LogP contribution in [0.4, 0.5) is 0 Å². The highest BCUT2D eigenvalue weighted by Gasteiger charge is 2.39. The molecule has 2 aliphatic heterocycles. The molecule has 32 heavy (non-hydrogen) atoms. The van der Waals surface area contributed by atoms with E-state index in [1.54, 1.807) is 0 Å². The van der Waals surface area contributed by atoms with E-state index in [1.165, 1.54) is 5.56 Å². The van der Waals surface area contributed by atoms with Gasteiger partial charge in [0.05, 0.1) is 17.0 Å². The van der Waals surface area contributed by atoms with Crippen LogP contribution in [0, 0.1) is 19.3 Å². The smallest absolute Gasteiger partial charge is 0.255 e. The van der Waals surface area contributed by atoms with Gasteiger partial charge in [0.1, 0.15) is 0 Å². The number of carbonyl (C=O) groups is 2. The highest BCUT2D eigenvalue weighted by molar-refractivity contribution is 5.97. The van der Waals surface area contributed by atoms with Gasteiger partial charge in [-0.25, -0.2) is 0 Å².